The Kier molecular flexibility index (Phi) is 5.18. The summed E-state index contributed by atoms with van der Waals surface area (Å²) >= 11 is 0. The highest BCUT2D eigenvalue weighted by molar-refractivity contribution is 7.56. The molecule has 0 fully saturated rings. The summed E-state index contributed by atoms with van der Waals surface area (Å²) in [5.74, 6) is -1.26. The highest BCUT2D eigenvalue weighted by Gasteiger charge is 2.24. The van der Waals surface area contributed by atoms with Crippen molar-refractivity contribution in [2.24, 2.45) is 4.74 Å². The quantitative estimate of drug-likeness (QED) is 0.563. The van der Waals surface area contributed by atoms with Crippen LogP contribution in [0.25, 0.3) is 0 Å². The van der Waals surface area contributed by atoms with Crippen LogP contribution in [0.3, 0.4) is 0 Å². The maximum absolute atomic E-state index is 11.3. The van der Waals surface area contributed by atoms with Gasteiger partial charge in [-0.1, -0.05) is 13.2 Å². The summed E-state index contributed by atoms with van der Waals surface area (Å²) in [5.41, 5.74) is 0.447. The summed E-state index contributed by atoms with van der Waals surface area (Å²) in [7, 11) is -1.44. The van der Waals surface area contributed by atoms with Gasteiger partial charge in [0.15, 0.2) is 0 Å². The van der Waals surface area contributed by atoms with Gasteiger partial charge in [0.1, 0.15) is 0 Å². The molecule has 0 aromatic rings. The van der Waals surface area contributed by atoms with Gasteiger partial charge < -0.3 is 9.05 Å². The van der Waals surface area contributed by atoms with Crippen LogP contribution >= 0.6 is 7.51 Å². The second-order valence-corrected chi connectivity index (χ2v) is 5.69. The lowest BCUT2D eigenvalue weighted by molar-refractivity contribution is -0.133. The molecule has 0 unspecified atom stereocenters. The second kappa shape index (κ2) is 5.66. The van der Waals surface area contributed by atoms with E-state index in [1.54, 1.807) is 0 Å². The zero-order chi connectivity index (χ0) is 12.9. The van der Waals surface area contributed by atoms with E-state index < -0.39 is 19.4 Å². The Morgan fingerprint density at radius 1 is 1.06 bits per heavy atom. The molecule has 0 aliphatic rings. The lowest BCUT2D eigenvalue weighted by Gasteiger charge is -2.18. The number of hydrogen-bond acceptors (Lipinski definition) is 5. The van der Waals surface area contributed by atoms with Crippen LogP contribution in [-0.2, 0) is 18.6 Å². The fourth-order valence-electron chi connectivity index (χ4n) is 0.564. The third-order valence-electron chi connectivity index (χ3n) is 1.56. The van der Waals surface area contributed by atoms with E-state index in [-0.39, 0.29) is 11.1 Å². The van der Waals surface area contributed by atoms with Crippen molar-refractivity contribution in [2.45, 2.75) is 13.8 Å². The molecule has 0 rings (SSSR count). The van der Waals surface area contributed by atoms with Gasteiger partial charge in [0.05, 0.1) is 0 Å². The highest BCUT2D eigenvalue weighted by Crippen LogP contribution is 2.48. The van der Waals surface area contributed by atoms with E-state index in [4.69, 9.17) is 9.05 Å². The number of hydrogen-bond donors (Lipinski definition) is 0. The number of carbonyl (C=O) groups excluding carboxylic acids is 2. The van der Waals surface area contributed by atoms with Gasteiger partial charge in [-0.25, -0.2) is 14.3 Å². The Morgan fingerprint density at radius 2 is 1.38 bits per heavy atom. The van der Waals surface area contributed by atoms with E-state index in [0.29, 0.717) is 0 Å². The summed E-state index contributed by atoms with van der Waals surface area (Å²) < 4.78 is 13.8. The summed E-state index contributed by atoms with van der Waals surface area (Å²) in [6.07, 6.45) is 0. The average Bonchev–Trinajstić information content (AvgIpc) is 2.17. The van der Waals surface area contributed by atoms with Gasteiger partial charge in [-0.15, -0.1) is 0 Å². The van der Waals surface area contributed by atoms with E-state index in [1.165, 1.54) is 27.6 Å². The van der Waals surface area contributed by atoms with Crippen LogP contribution in [0.5, 0.6) is 0 Å². The molecule has 0 radical (unpaired) electrons. The first-order valence-electron chi connectivity index (χ1n) is 4.48. The molecular formula is C10H16NO4P. The van der Waals surface area contributed by atoms with Gasteiger partial charge >= 0.3 is 19.4 Å². The first-order valence-corrected chi connectivity index (χ1v) is 6.51. The van der Waals surface area contributed by atoms with Crippen molar-refractivity contribution in [1.82, 2.24) is 0 Å². The summed E-state index contributed by atoms with van der Waals surface area (Å²) in [6, 6.07) is 0. The minimum absolute atomic E-state index is 0.223. The lowest BCUT2D eigenvalue weighted by Crippen LogP contribution is -2.09. The normalized spacial score (nSPS) is 10.2. The molecule has 0 saturated heterocycles. The fraction of sp³-hybridized carbons (Fsp3) is 0.400. The van der Waals surface area contributed by atoms with Crippen molar-refractivity contribution >= 4 is 19.4 Å². The van der Waals surface area contributed by atoms with Gasteiger partial charge in [0.25, 0.3) is 0 Å². The molecule has 0 atom stereocenters. The Balaban J connectivity index is 4.83. The number of nitrogens with zero attached hydrogens (tertiary/aromatic N) is 1. The van der Waals surface area contributed by atoms with Crippen LogP contribution in [0.2, 0.25) is 0 Å². The molecule has 0 saturated carbocycles. The first-order chi connectivity index (χ1) is 7.22. The average molecular weight is 245 g/mol. The third kappa shape index (κ3) is 4.45. The zero-order valence-electron chi connectivity index (χ0n) is 9.94. The summed E-state index contributed by atoms with van der Waals surface area (Å²) in [4.78, 5) is 22.6. The molecule has 0 aromatic carbocycles. The van der Waals surface area contributed by atoms with Gasteiger partial charge in [-0.3, -0.25) is 0 Å². The maximum atomic E-state index is 11.3. The monoisotopic (exact) mass is 245 g/mol. The molecule has 16 heavy (non-hydrogen) atoms. The van der Waals surface area contributed by atoms with Crippen LogP contribution in [-0.4, -0.2) is 25.7 Å². The van der Waals surface area contributed by atoms with E-state index in [1.807, 2.05) is 0 Å². The highest BCUT2D eigenvalue weighted by atomic mass is 31.2. The smallest absolute Gasteiger partial charge is 0.339 e. The van der Waals surface area contributed by atoms with Crippen LogP contribution in [0.4, 0.5) is 0 Å². The standard InChI is InChI=1S/C10H16NO4P/c1-7(2)9(12)14-16(6,11-5)15-10(13)8(3)4/h1,3H2,2,4-6H3. The molecule has 0 bridgehead atoms. The van der Waals surface area contributed by atoms with Gasteiger partial charge in [-0.05, 0) is 13.8 Å². The van der Waals surface area contributed by atoms with Crippen LogP contribution < -0.4 is 0 Å². The molecule has 0 heterocycles. The zero-order valence-corrected chi connectivity index (χ0v) is 10.8. The Morgan fingerprint density at radius 3 is 1.56 bits per heavy atom. The second-order valence-electron chi connectivity index (χ2n) is 3.32. The predicted molar refractivity (Wildman–Crippen MR) is 63.0 cm³/mol. The molecule has 0 aromatic heterocycles. The number of rotatable bonds is 4. The minimum atomic E-state index is -2.87. The largest absolute Gasteiger partial charge is 0.394 e. The molecule has 0 N–H and O–H groups in total. The van der Waals surface area contributed by atoms with Crippen LogP contribution in [0, 0.1) is 0 Å². The SMILES string of the molecule is C=C(C)C(=O)OP(C)(=NC)OC(=O)C(=C)C. The number of carbonyl (C=O) groups is 2. The van der Waals surface area contributed by atoms with Crippen molar-refractivity contribution in [1.29, 1.82) is 0 Å². The topological polar surface area (TPSA) is 65.0 Å². The van der Waals surface area contributed by atoms with Crippen molar-refractivity contribution in [3.05, 3.63) is 24.3 Å². The van der Waals surface area contributed by atoms with Gasteiger partial charge in [-0.2, -0.15) is 0 Å². The Hall–Kier alpha value is -1.35. The molecule has 0 aliphatic heterocycles. The van der Waals surface area contributed by atoms with E-state index >= 15 is 0 Å². The fourth-order valence-corrected chi connectivity index (χ4v) is 1.69. The molecule has 90 valence electrons. The lowest BCUT2D eigenvalue weighted by atomic mass is 10.4. The van der Waals surface area contributed by atoms with Crippen LogP contribution in [0.15, 0.2) is 29.0 Å². The molecule has 0 amide bonds. The van der Waals surface area contributed by atoms with Crippen molar-refractivity contribution in [2.75, 3.05) is 13.7 Å². The van der Waals surface area contributed by atoms with Gasteiger partial charge in [0, 0.05) is 24.9 Å². The first kappa shape index (κ1) is 14.6. The van der Waals surface area contributed by atoms with Crippen molar-refractivity contribution in [3.63, 3.8) is 0 Å². The molecule has 0 spiro atoms. The summed E-state index contributed by atoms with van der Waals surface area (Å²) in [5, 5.41) is 0. The van der Waals surface area contributed by atoms with Crippen molar-refractivity contribution in [3.8, 4) is 0 Å². The van der Waals surface area contributed by atoms with E-state index in [2.05, 4.69) is 17.9 Å². The Bertz CT molecular complexity index is 366. The molecule has 0 aliphatic carbocycles. The van der Waals surface area contributed by atoms with Crippen molar-refractivity contribution < 1.29 is 18.6 Å². The summed E-state index contributed by atoms with van der Waals surface area (Å²) in [6.45, 7) is 11.3. The molecule has 6 heteroatoms. The molecular weight excluding hydrogens is 229 g/mol. The molecule has 5 nitrogen and oxygen atoms in total. The van der Waals surface area contributed by atoms with E-state index in [9.17, 15) is 9.59 Å². The van der Waals surface area contributed by atoms with E-state index in [0.717, 1.165) is 0 Å². The minimum Gasteiger partial charge on any atom is -0.394 e. The maximum Gasteiger partial charge on any atom is 0.339 e. The Labute approximate surface area is 95.4 Å². The van der Waals surface area contributed by atoms with Gasteiger partial charge in [0.2, 0.25) is 0 Å². The van der Waals surface area contributed by atoms with Crippen LogP contribution in [0.1, 0.15) is 13.8 Å². The third-order valence-corrected chi connectivity index (χ3v) is 3.30. The predicted octanol–water partition coefficient (Wildman–Crippen LogP) is 2.52.